The van der Waals surface area contributed by atoms with Crippen LogP contribution in [0.25, 0.3) is 0 Å². The van der Waals surface area contributed by atoms with E-state index >= 15 is 0 Å². The van der Waals surface area contributed by atoms with Gasteiger partial charge in [-0.05, 0) is 39.5 Å². The molecule has 21 heavy (non-hydrogen) atoms. The average Bonchev–Trinajstić information content (AvgIpc) is 2.37. The van der Waals surface area contributed by atoms with Gasteiger partial charge in [-0.3, -0.25) is 4.79 Å². The highest BCUT2D eigenvalue weighted by molar-refractivity contribution is 5.77. The fourth-order valence-electron chi connectivity index (χ4n) is 2.22. The molecule has 6 nitrogen and oxygen atoms in total. The third-order valence-corrected chi connectivity index (χ3v) is 3.22. The molecule has 1 N–H and O–H groups in total. The number of hydrogen-bond donors (Lipinski definition) is 1. The molecule has 0 aromatic heterocycles. The molecule has 6 heteroatoms. The van der Waals surface area contributed by atoms with E-state index in [0.29, 0.717) is 19.0 Å². The zero-order valence-electron chi connectivity index (χ0n) is 13.6. The van der Waals surface area contributed by atoms with Crippen molar-refractivity contribution in [2.24, 2.45) is 5.92 Å². The molecule has 0 spiro atoms. The number of alkyl carbamates (subject to hydrolysis) is 1. The van der Waals surface area contributed by atoms with Crippen molar-refractivity contribution in [2.45, 2.75) is 45.6 Å². The number of carbonyl (C=O) groups excluding carboxylic acids is 2. The molecule has 1 aliphatic rings. The Kier molecular flexibility index (Phi) is 6.95. The quantitative estimate of drug-likeness (QED) is 0.840. The van der Waals surface area contributed by atoms with E-state index in [1.54, 1.807) is 32.7 Å². The van der Waals surface area contributed by atoms with Gasteiger partial charge in [0.1, 0.15) is 5.60 Å². The van der Waals surface area contributed by atoms with E-state index in [1.165, 1.54) is 0 Å². The summed E-state index contributed by atoms with van der Waals surface area (Å²) in [4.78, 5) is 25.1. The van der Waals surface area contributed by atoms with Crippen LogP contribution in [0.15, 0.2) is 0 Å². The Balaban J connectivity index is 2.18. The second-order valence-corrected chi connectivity index (χ2v) is 6.54. The Morgan fingerprint density at radius 2 is 2.10 bits per heavy atom. The van der Waals surface area contributed by atoms with Crippen LogP contribution in [-0.4, -0.2) is 55.9 Å². The highest BCUT2D eigenvalue weighted by Gasteiger charge is 2.19. The lowest BCUT2D eigenvalue weighted by atomic mass is 10.0. The van der Waals surface area contributed by atoms with Crippen LogP contribution >= 0.6 is 0 Å². The van der Waals surface area contributed by atoms with Gasteiger partial charge in [0.25, 0.3) is 0 Å². The van der Waals surface area contributed by atoms with Crippen LogP contribution in [0.3, 0.4) is 0 Å². The molecule has 0 bridgehead atoms. The SMILES string of the molecule is CN(CC1CCCOC1)C(=O)CCNC(=O)OC(C)(C)C. The number of nitrogens with zero attached hydrogens (tertiary/aromatic N) is 1. The maximum absolute atomic E-state index is 12.0. The predicted octanol–water partition coefficient (Wildman–Crippen LogP) is 1.79. The lowest BCUT2D eigenvalue weighted by Crippen LogP contribution is -2.38. The maximum atomic E-state index is 12.0. The Morgan fingerprint density at radius 3 is 2.67 bits per heavy atom. The summed E-state index contributed by atoms with van der Waals surface area (Å²) in [6, 6.07) is 0. The van der Waals surface area contributed by atoms with Crippen LogP contribution in [-0.2, 0) is 14.3 Å². The minimum absolute atomic E-state index is 0.0247. The first-order valence-electron chi connectivity index (χ1n) is 7.56. The second-order valence-electron chi connectivity index (χ2n) is 6.54. The van der Waals surface area contributed by atoms with Gasteiger partial charge >= 0.3 is 6.09 Å². The van der Waals surface area contributed by atoms with Crippen LogP contribution in [0.2, 0.25) is 0 Å². The summed E-state index contributed by atoms with van der Waals surface area (Å²) < 4.78 is 10.5. The highest BCUT2D eigenvalue weighted by atomic mass is 16.6. The van der Waals surface area contributed by atoms with Gasteiger partial charge in [0.2, 0.25) is 5.91 Å². The van der Waals surface area contributed by atoms with Gasteiger partial charge in [-0.2, -0.15) is 0 Å². The summed E-state index contributed by atoms with van der Waals surface area (Å²) >= 11 is 0. The zero-order chi connectivity index (χ0) is 15.9. The van der Waals surface area contributed by atoms with E-state index in [-0.39, 0.29) is 12.3 Å². The van der Waals surface area contributed by atoms with Gasteiger partial charge in [0, 0.05) is 33.2 Å². The third kappa shape index (κ3) is 7.90. The molecule has 0 aliphatic carbocycles. The molecule has 0 saturated carbocycles. The van der Waals surface area contributed by atoms with E-state index in [4.69, 9.17) is 9.47 Å². The molecule has 0 aromatic carbocycles. The van der Waals surface area contributed by atoms with Crippen LogP contribution in [0.5, 0.6) is 0 Å². The standard InChI is InChI=1S/C15H28N2O4/c1-15(2,3)21-14(19)16-8-7-13(18)17(4)10-12-6-5-9-20-11-12/h12H,5-11H2,1-4H3,(H,16,19). The Morgan fingerprint density at radius 1 is 1.38 bits per heavy atom. The molecule has 2 amide bonds. The maximum Gasteiger partial charge on any atom is 0.407 e. The van der Waals surface area contributed by atoms with Gasteiger partial charge in [-0.1, -0.05) is 0 Å². The first-order valence-corrected chi connectivity index (χ1v) is 7.56. The fraction of sp³-hybridized carbons (Fsp3) is 0.867. The monoisotopic (exact) mass is 300 g/mol. The Labute approximate surface area is 127 Å². The Bertz CT molecular complexity index is 346. The van der Waals surface area contributed by atoms with Crippen molar-refractivity contribution in [3.05, 3.63) is 0 Å². The van der Waals surface area contributed by atoms with Crippen LogP contribution in [0.1, 0.15) is 40.0 Å². The lowest BCUT2D eigenvalue weighted by molar-refractivity contribution is -0.130. The van der Waals surface area contributed by atoms with Crippen molar-refractivity contribution in [2.75, 3.05) is 33.4 Å². The molecule has 0 radical (unpaired) electrons. The predicted molar refractivity (Wildman–Crippen MR) is 80.0 cm³/mol. The summed E-state index contributed by atoms with van der Waals surface area (Å²) in [6.45, 7) is 7.97. The van der Waals surface area contributed by atoms with E-state index in [1.807, 2.05) is 0 Å². The number of ether oxygens (including phenoxy) is 2. The van der Waals surface area contributed by atoms with E-state index in [0.717, 1.165) is 26.1 Å². The molecule has 1 fully saturated rings. The molecule has 0 aromatic rings. The molecule has 1 saturated heterocycles. The minimum Gasteiger partial charge on any atom is -0.444 e. The van der Waals surface area contributed by atoms with Crippen molar-refractivity contribution in [3.63, 3.8) is 0 Å². The van der Waals surface area contributed by atoms with E-state index in [2.05, 4.69) is 5.32 Å². The molecule has 1 unspecified atom stereocenters. The second kappa shape index (κ2) is 8.22. The van der Waals surface area contributed by atoms with E-state index < -0.39 is 11.7 Å². The summed E-state index contributed by atoms with van der Waals surface area (Å²) in [7, 11) is 1.80. The number of nitrogens with one attached hydrogen (secondary N) is 1. The molecule has 1 rings (SSSR count). The van der Waals surface area contributed by atoms with Gasteiger partial charge in [-0.25, -0.2) is 4.79 Å². The smallest absolute Gasteiger partial charge is 0.407 e. The zero-order valence-corrected chi connectivity index (χ0v) is 13.6. The normalized spacial score (nSPS) is 19.0. The lowest BCUT2D eigenvalue weighted by Gasteiger charge is -2.27. The van der Waals surface area contributed by atoms with Gasteiger partial charge in [0.15, 0.2) is 0 Å². The minimum atomic E-state index is -0.522. The van der Waals surface area contributed by atoms with Crippen molar-refractivity contribution < 1.29 is 19.1 Å². The van der Waals surface area contributed by atoms with Gasteiger partial charge in [0.05, 0.1) is 6.61 Å². The number of hydrogen-bond acceptors (Lipinski definition) is 4. The van der Waals surface area contributed by atoms with Crippen molar-refractivity contribution in [3.8, 4) is 0 Å². The molecular weight excluding hydrogens is 272 g/mol. The van der Waals surface area contributed by atoms with Crippen molar-refractivity contribution in [1.29, 1.82) is 0 Å². The average molecular weight is 300 g/mol. The topological polar surface area (TPSA) is 67.9 Å². The first-order chi connectivity index (χ1) is 9.78. The van der Waals surface area contributed by atoms with E-state index in [9.17, 15) is 9.59 Å². The third-order valence-electron chi connectivity index (χ3n) is 3.22. The van der Waals surface area contributed by atoms with Crippen LogP contribution in [0.4, 0.5) is 4.79 Å². The first kappa shape index (κ1) is 17.8. The van der Waals surface area contributed by atoms with Crippen molar-refractivity contribution >= 4 is 12.0 Å². The molecule has 122 valence electrons. The molecule has 1 atom stereocenters. The Hall–Kier alpha value is -1.30. The summed E-state index contributed by atoms with van der Waals surface area (Å²) in [5, 5.41) is 2.60. The summed E-state index contributed by atoms with van der Waals surface area (Å²) in [5.74, 6) is 0.447. The van der Waals surface area contributed by atoms with Gasteiger partial charge < -0.3 is 19.7 Å². The van der Waals surface area contributed by atoms with Gasteiger partial charge in [-0.15, -0.1) is 0 Å². The number of rotatable bonds is 5. The van der Waals surface area contributed by atoms with Crippen molar-refractivity contribution in [1.82, 2.24) is 10.2 Å². The fourth-order valence-corrected chi connectivity index (χ4v) is 2.22. The largest absolute Gasteiger partial charge is 0.444 e. The highest BCUT2D eigenvalue weighted by Crippen LogP contribution is 2.14. The summed E-state index contributed by atoms with van der Waals surface area (Å²) in [5.41, 5.74) is -0.522. The number of carbonyl (C=O) groups is 2. The van der Waals surface area contributed by atoms with Crippen LogP contribution < -0.4 is 5.32 Å². The molecule has 1 heterocycles. The molecular formula is C15H28N2O4. The van der Waals surface area contributed by atoms with Crippen LogP contribution in [0, 0.1) is 5.92 Å². The number of amides is 2. The molecule has 1 aliphatic heterocycles. The summed E-state index contributed by atoms with van der Waals surface area (Å²) in [6.07, 6.45) is 1.96.